The molecule has 2 unspecified atom stereocenters. The molecule has 1 aliphatic rings. The lowest BCUT2D eigenvalue weighted by atomic mass is 9.81. The molecule has 1 aliphatic heterocycles. The van der Waals surface area contributed by atoms with Gasteiger partial charge in [-0.3, -0.25) is 4.90 Å². The molecule has 3 heteroatoms. The zero-order chi connectivity index (χ0) is 14.4. The summed E-state index contributed by atoms with van der Waals surface area (Å²) >= 11 is 0. The van der Waals surface area contributed by atoms with Gasteiger partial charge in [0.05, 0.1) is 18.2 Å². The summed E-state index contributed by atoms with van der Waals surface area (Å²) in [4.78, 5) is 2.13. The van der Waals surface area contributed by atoms with Gasteiger partial charge in [-0.15, -0.1) is 0 Å². The van der Waals surface area contributed by atoms with Crippen molar-refractivity contribution in [2.75, 3.05) is 0 Å². The Balaban J connectivity index is 2.30. The van der Waals surface area contributed by atoms with Crippen LogP contribution in [0.25, 0.3) is 0 Å². The summed E-state index contributed by atoms with van der Waals surface area (Å²) in [5.41, 5.74) is 0.703. The average Bonchev–Trinajstić information content (AvgIpc) is 2.50. The number of nitrogens with zero attached hydrogens (tertiary/aromatic N) is 3. The molecule has 0 radical (unpaired) electrons. The van der Waals surface area contributed by atoms with Crippen molar-refractivity contribution >= 4 is 0 Å². The quantitative estimate of drug-likeness (QED) is 0.837. The monoisotopic (exact) mass is 267 g/mol. The van der Waals surface area contributed by atoms with Crippen molar-refractivity contribution in [3.8, 4) is 12.1 Å². The van der Waals surface area contributed by atoms with Gasteiger partial charge in [-0.25, -0.2) is 0 Å². The Labute approximate surface area is 121 Å². The van der Waals surface area contributed by atoms with E-state index in [-0.39, 0.29) is 6.04 Å². The van der Waals surface area contributed by atoms with Gasteiger partial charge in [0.15, 0.2) is 0 Å². The first kappa shape index (κ1) is 14.6. The molecular weight excluding hydrogens is 246 g/mol. The van der Waals surface area contributed by atoms with Gasteiger partial charge in [0.2, 0.25) is 0 Å². The highest BCUT2D eigenvalue weighted by atomic mass is 15.2. The van der Waals surface area contributed by atoms with Gasteiger partial charge < -0.3 is 0 Å². The molecule has 104 valence electrons. The fourth-order valence-electron chi connectivity index (χ4n) is 3.22. The highest BCUT2D eigenvalue weighted by Crippen LogP contribution is 2.36. The second-order valence-electron chi connectivity index (χ2n) is 5.54. The van der Waals surface area contributed by atoms with Crippen LogP contribution in [0, 0.1) is 22.7 Å². The van der Waals surface area contributed by atoms with Crippen LogP contribution in [0.4, 0.5) is 0 Å². The van der Waals surface area contributed by atoms with Crippen LogP contribution in [0.15, 0.2) is 30.3 Å². The predicted octanol–water partition coefficient (Wildman–Crippen LogP) is 3.63. The Morgan fingerprint density at radius 3 is 2.65 bits per heavy atom. The fraction of sp³-hybridized carbons (Fsp3) is 0.529. The summed E-state index contributed by atoms with van der Waals surface area (Å²) < 4.78 is 0. The maximum atomic E-state index is 9.73. The summed E-state index contributed by atoms with van der Waals surface area (Å²) in [5.74, 6) is 0. The lowest BCUT2D eigenvalue weighted by molar-refractivity contribution is 0.0460. The van der Waals surface area contributed by atoms with Crippen LogP contribution in [0.1, 0.15) is 44.6 Å². The van der Waals surface area contributed by atoms with Crippen molar-refractivity contribution in [3.63, 3.8) is 0 Å². The molecule has 2 rings (SSSR count). The van der Waals surface area contributed by atoms with Gasteiger partial charge in [0, 0.05) is 6.54 Å². The maximum absolute atomic E-state index is 9.73. The van der Waals surface area contributed by atoms with Crippen molar-refractivity contribution in [1.82, 2.24) is 4.90 Å². The van der Waals surface area contributed by atoms with Gasteiger partial charge >= 0.3 is 0 Å². The van der Waals surface area contributed by atoms with Gasteiger partial charge in [0.1, 0.15) is 5.54 Å². The fourth-order valence-corrected chi connectivity index (χ4v) is 3.22. The molecule has 0 aliphatic carbocycles. The van der Waals surface area contributed by atoms with Crippen molar-refractivity contribution < 1.29 is 0 Å². The van der Waals surface area contributed by atoms with Crippen molar-refractivity contribution in [3.05, 3.63) is 35.9 Å². The number of rotatable bonds is 4. The van der Waals surface area contributed by atoms with Gasteiger partial charge in [-0.1, -0.05) is 43.7 Å². The standard InChI is InChI=1S/C17H21N3/c1-2-10-17(14-19)11-6-9-16(12-18)20(17)13-15-7-4-3-5-8-15/h3-5,7-8,16H,2,6,9-11,13H2,1H3. The van der Waals surface area contributed by atoms with Gasteiger partial charge in [0.25, 0.3) is 0 Å². The first-order chi connectivity index (χ1) is 9.75. The minimum Gasteiger partial charge on any atom is -0.265 e. The first-order valence-electron chi connectivity index (χ1n) is 7.37. The SMILES string of the molecule is CCCC1(C#N)CCCC(C#N)N1Cc1ccccc1. The van der Waals surface area contributed by atoms with Crippen LogP contribution in [-0.2, 0) is 6.54 Å². The summed E-state index contributed by atoms with van der Waals surface area (Å²) in [5, 5.41) is 19.2. The first-order valence-corrected chi connectivity index (χ1v) is 7.37. The summed E-state index contributed by atoms with van der Waals surface area (Å²) in [7, 11) is 0. The third-order valence-corrected chi connectivity index (χ3v) is 4.21. The number of hydrogen-bond donors (Lipinski definition) is 0. The molecule has 0 saturated carbocycles. The topological polar surface area (TPSA) is 50.8 Å². The Morgan fingerprint density at radius 2 is 2.05 bits per heavy atom. The van der Waals surface area contributed by atoms with E-state index >= 15 is 0 Å². The summed E-state index contributed by atoms with van der Waals surface area (Å²) in [6.07, 6.45) is 4.53. The Morgan fingerprint density at radius 1 is 1.30 bits per heavy atom. The lowest BCUT2D eigenvalue weighted by Crippen LogP contribution is -2.54. The van der Waals surface area contributed by atoms with E-state index < -0.39 is 5.54 Å². The molecular formula is C17H21N3. The predicted molar refractivity (Wildman–Crippen MR) is 78.5 cm³/mol. The molecule has 2 atom stereocenters. The van der Waals surface area contributed by atoms with Gasteiger partial charge in [-0.2, -0.15) is 10.5 Å². The highest BCUT2D eigenvalue weighted by Gasteiger charge is 2.43. The average molecular weight is 267 g/mol. The molecule has 20 heavy (non-hydrogen) atoms. The van der Waals surface area contributed by atoms with E-state index in [1.807, 2.05) is 18.2 Å². The minimum absolute atomic E-state index is 0.143. The number of benzene rings is 1. The zero-order valence-corrected chi connectivity index (χ0v) is 12.0. The highest BCUT2D eigenvalue weighted by molar-refractivity contribution is 5.20. The molecule has 1 aromatic carbocycles. The number of nitriles is 2. The van der Waals surface area contributed by atoms with Crippen molar-refractivity contribution in [2.45, 2.75) is 57.2 Å². The van der Waals surface area contributed by atoms with Crippen LogP contribution in [0.2, 0.25) is 0 Å². The van der Waals surface area contributed by atoms with Crippen LogP contribution in [0.5, 0.6) is 0 Å². The Kier molecular flexibility index (Phi) is 4.77. The maximum Gasteiger partial charge on any atom is 0.110 e. The van der Waals surface area contributed by atoms with E-state index in [0.717, 1.165) is 32.1 Å². The molecule has 0 N–H and O–H groups in total. The van der Waals surface area contributed by atoms with E-state index in [2.05, 4.69) is 36.1 Å². The number of piperidine rings is 1. The summed E-state index contributed by atoms with van der Waals surface area (Å²) in [6, 6.07) is 14.9. The molecule has 1 fully saturated rings. The number of hydrogen-bond acceptors (Lipinski definition) is 3. The smallest absolute Gasteiger partial charge is 0.110 e. The normalized spacial score (nSPS) is 26.6. The molecule has 1 heterocycles. The van der Waals surface area contributed by atoms with E-state index in [1.54, 1.807) is 0 Å². The minimum atomic E-state index is -0.469. The lowest BCUT2D eigenvalue weighted by Gasteiger charge is -2.45. The molecule has 0 spiro atoms. The van der Waals surface area contributed by atoms with Gasteiger partial charge in [-0.05, 0) is 31.2 Å². The van der Waals surface area contributed by atoms with Crippen LogP contribution >= 0.6 is 0 Å². The number of likely N-dealkylation sites (tertiary alicyclic amines) is 1. The van der Waals surface area contributed by atoms with Crippen molar-refractivity contribution in [2.24, 2.45) is 0 Å². The molecule has 1 saturated heterocycles. The molecule has 0 aromatic heterocycles. The second-order valence-corrected chi connectivity index (χ2v) is 5.54. The third kappa shape index (κ3) is 2.84. The molecule has 0 bridgehead atoms. The Hall–Kier alpha value is -1.84. The zero-order valence-electron chi connectivity index (χ0n) is 12.0. The van der Waals surface area contributed by atoms with Crippen molar-refractivity contribution in [1.29, 1.82) is 10.5 Å². The van der Waals surface area contributed by atoms with E-state index in [0.29, 0.717) is 6.54 Å². The Bertz CT molecular complexity index is 507. The van der Waals surface area contributed by atoms with E-state index in [9.17, 15) is 10.5 Å². The van der Waals surface area contributed by atoms with Crippen LogP contribution in [0.3, 0.4) is 0 Å². The molecule has 1 aromatic rings. The third-order valence-electron chi connectivity index (χ3n) is 4.21. The second kappa shape index (κ2) is 6.55. The van der Waals surface area contributed by atoms with Crippen LogP contribution < -0.4 is 0 Å². The van der Waals surface area contributed by atoms with E-state index in [4.69, 9.17) is 0 Å². The largest absolute Gasteiger partial charge is 0.265 e. The van der Waals surface area contributed by atoms with E-state index in [1.165, 1.54) is 5.56 Å². The summed E-state index contributed by atoms with van der Waals surface area (Å²) in [6.45, 7) is 2.79. The van der Waals surface area contributed by atoms with Crippen LogP contribution in [-0.4, -0.2) is 16.5 Å². The molecule has 3 nitrogen and oxygen atoms in total. The molecule has 0 amide bonds.